The second-order valence-corrected chi connectivity index (χ2v) is 8.80. The molecule has 0 radical (unpaired) electrons. The van der Waals surface area contributed by atoms with Gasteiger partial charge in [-0.05, 0) is 74.7 Å². The van der Waals surface area contributed by atoms with Gasteiger partial charge >= 0.3 is 0 Å². The summed E-state index contributed by atoms with van der Waals surface area (Å²) >= 11 is 0. The van der Waals surface area contributed by atoms with E-state index >= 15 is 0 Å². The maximum atomic E-state index is 3.91. The highest BCUT2D eigenvalue weighted by molar-refractivity contribution is 4.82. The Labute approximate surface area is 127 Å². The maximum Gasteiger partial charge on any atom is 0.00672 e. The van der Waals surface area contributed by atoms with Gasteiger partial charge in [-0.25, -0.2) is 0 Å². The number of hydrogen-bond donors (Lipinski definition) is 1. The number of hydrogen-bond acceptors (Lipinski definition) is 1. The fourth-order valence-corrected chi connectivity index (χ4v) is 4.26. The predicted molar refractivity (Wildman–Crippen MR) is 88.9 cm³/mol. The quantitative estimate of drug-likeness (QED) is 0.682. The Morgan fingerprint density at radius 3 is 2.20 bits per heavy atom. The van der Waals surface area contributed by atoms with Crippen LogP contribution in [0.1, 0.15) is 85.5 Å². The van der Waals surface area contributed by atoms with E-state index in [4.69, 9.17) is 0 Å². The molecule has 2 atom stereocenters. The first-order valence-electron chi connectivity index (χ1n) is 9.18. The molecule has 0 aliphatic heterocycles. The smallest absolute Gasteiger partial charge is 0.00672 e. The largest absolute Gasteiger partial charge is 0.314 e. The lowest BCUT2D eigenvalue weighted by Gasteiger charge is -2.37. The average Bonchev–Trinajstić information content (AvgIpc) is 2.61. The zero-order valence-electron chi connectivity index (χ0n) is 14.4. The van der Waals surface area contributed by atoms with Gasteiger partial charge in [0, 0.05) is 6.04 Å². The first kappa shape index (κ1) is 16.3. The molecule has 2 unspecified atom stereocenters. The second kappa shape index (κ2) is 7.29. The Morgan fingerprint density at radius 1 is 0.850 bits per heavy atom. The van der Waals surface area contributed by atoms with Crippen molar-refractivity contribution >= 4 is 0 Å². The third-order valence-electron chi connectivity index (χ3n) is 6.02. The highest BCUT2D eigenvalue weighted by Gasteiger charge is 2.29. The minimum atomic E-state index is 0.524. The van der Waals surface area contributed by atoms with Gasteiger partial charge in [0.2, 0.25) is 0 Å². The van der Waals surface area contributed by atoms with E-state index in [1.165, 1.54) is 64.3 Å². The van der Waals surface area contributed by atoms with Gasteiger partial charge in [0.15, 0.2) is 0 Å². The fraction of sp³-hybridized carbons (Fsp3) is 1.00. The molecule has 2 aliphatic rings. The molecule has 1 N–H and O–H groups in total. The highest BCUT2D eigenvalue weighted by Crippen LogP contribution is 2.39. The van der Waals surface area contributed by atoms with Crippen LogP contribution in [0.4, 0.5) is 0 Å². The van der Waals surface area contributed by atoms with Crippen LogP contribution in [0.2, 0.25) is 0 Å². The van der Waals surface area contributed by atoms with E-state index in [0.29, 0.717) is 5.41 Å². The third kappa shape index (κ3) is 5.06. The van der Waals surface area contributed by atoms with Crippen LogP contribution in [-0.2, 0) is 0 Å². The second-order valence-electron chi connectivity index (χ2n) is 8.80. The SMILES string of the molecule is CC1CCCC(NCC2CCC(C(C)(C)C)CC2)CC1. The summed E-state index contributed by atoms with van der Waals surface area (Å²) in [6, 6.07) is 0.820. The maximum absolute atomic E-state index is 3.91. The molecule has 0 spiro atoms. The summed E-state index contributed by atoms with van der Waals surface area (Å²) in [4.78, 5) is 0. The standard InChI is InChI=1S/C19H37N/c1-15-6-5-7-18(13-8-15)20-14-16-9-11-17(12-10-16)19(2,3)4/h15-18,20H,5-14H2,1-4H3. The predicted octanol–water partition coefficient (Wildman–Crippen LogP) is 5.40. The zero-order valence-corrected chi connectivity index (χ0v) is 14.4. The molecule has 0 heterocycles. The molecular formula is C19H37N. The van der Waals surface area contributed by atoms with Crippen molar-refractivity contribution in [3.05, 3.63) is 0 Å². The number of rotatable bonds is 3. The molecule has 0 saturated heterocycles. The topological polar surface area (TPSA) is 12.0 Å². The van der Waals surface area contributed by atoms with Crippen LogP contribution in [-0.4, -0.2) is 12.6 Å². The first-order valence-corrected chi connectivity index (χ1v) is 9.18. The van der Waals surface area contributed by atoms with Gasteiger partial charge in [0.05, 0.1) is 0 Å². The lowest BCUT2D eigenvalue weighted by molar-refractivity contribution is 0.147. The Bertz CT molecular complexity index is 270. The van der Waals surface area contributed by atoms with Crippen molar-refractivity contribution in [2.75, 3.05) is 6.54 Å². The van der Waals surface area contributed by atoms with Crippen LogP contribution in [0.25, 0.3) is 0 Å². The van der Waals surface area contributed by atoms with Gasteiger partial charge in [-0.2, -0.15) is 0 Å². The summed E-state index contributed by atoms with van der Waals surface area (Å²) in [5.41, 5.74) is 0.524. The van der Waals surface area contributed by atoms with Crippen LogP contribution in [0.5, 0.6) is 0 Å². The normalized spacial score (nSPS) is 36.6. The van der Waals surface area contributed by atoms with Crippen LogP contribution >= 0.6 is 0 Å². The van der Waals surface area contributed by atoms with E-state index in [2.05, 4.69) is 33.0 Å². The van der Waals surface area contributed by atoms with Crippen LogP contribution in [0.15, 0.2) is 0 Å². The Kier molecular flexibility index (Phi) is 5.95. The summed E-state index contributed by atoms with van der Waals surface area (Å²) in [6.45, 7) is 11.0. The molecular weight excluding hydrogens is 242 g/mol. The monoisotopic (exact) mass is 279 g/mol. The fourth-order valence-electron chi connectivity index (χ4n) is 4.26. The molecule has 0 aromatic carbocycles. The summed E-state index contributed by atoms with van der Waals surface area (Å²) in [5.74, 6) is 2.87. The Balaban J connectivity index is 1.66. The minimum Gasteiger partial charge on any atom is -0.314 e. The van der Waals surface area contributed by atoms with Gasteiger partial charge in [0.1, 0.15) is 0 Å². The van der Waals surface area contributed by atoms with E-state index in [1.54, 1.807) is 0 Å². The lowest BCUT2D eigenvalue weighted by atomic mass is 9.70. The van der Waals surface area contributed by atoms with Gasteiger partial charge in [0.25, 0.3) is 0 Å². The van der Waals surface area contributed by atoms with Gasteiger partial charge in [-0.15, -0.1) is 0 Å². The molecule has 0 bridgehead atoms. The molecule has 1 nitrogen and oxygen atoms in total. The summed E-state index contributed by atoms with van der Waals surface area (Å²) in [6.07, 6.45) is 13.0. The van der Waals surface area contributed by atoms with E-state index in [1.807, 2.05) is 0 Å². The molecule has 0 aromatic rings. The zero-order chi connectivity index (χ0) is 14.6. The molecule has 0 aromatic heterocycles. The van der Waals surface area contributed by atoms with Crippen LogP contribution in [0.3, 0.4) is 0 Å². The van der Waals surface area contributed by atoms with Crippen LogP contribution in [0, 0.1) is 23.2 Å². The molecule has 0 amide bonds. The Morgan fingerprint density at radius 2 is 1.55 bits per heavy atom. The van der Waals surface area contributed by atoms with E-state index < -0.39 is 0 Å². The van der Waals surface area contributed by atoms with Crippen molar-refractivity contribution < 1.29 is 0 Å². The molecule has 2 rings (SSSR count). The lowest BCUT2D eigenvalue weighted by Crippen LogP contribution is -2.35. The minimum absolute atomic E-state index is 0.524. The Hall–Kier alpha value is -0.0400. The highest BCUT2D eigenvalue weighted by atomic mass is 14.9. The average molecular weight is 280 g/mol. The molecule has 1 heteroatoms. The number of nitrogens with one attached hydrogen (secondary N) is 1. The van der Waals surface area contributed by atoms with Gasteiger partial charge < -0.3 is 5.32 Å². The van der Waals surface area contributed by atoms with Crippen molar-refractivity contribution in [3.8, 4) is 0 Å². The first-order chi connectivity index (χ1) is 9.45. The van der Waals surface area contributed by atoms with E-state index in [9.17, 15) is 0 Å². The van der Waals surface area contributed by atoms with E-state index in [0.717, 1.165) is 23.8 Å². The summed E-state index contributed by atoms with van der Waals surface area (Å²) in [7, 11) is 0. The summed E-state index contributed by atoms with van der Waals surface area (Å²) < 4.78 is 0. The van der Waals surface area contributed by atoms with Crippen molar-refractivity contribution in [1.82, 2.24) is 5.32 Å². The van der Waals surface area contributed by atoms with Crippen molar-refractivity contribution in [3.63, 3.8) is 0 Å². The molecule has 2 aliphatic carbocycles. The molecule has 2 saturated carbocycles. The van der Waals surface area contributed by atoms with E-state index in [-0.39, 0.29) is 0 Å². The molecule has 2 fully saturated rings. The summed E-state index contributed by atoms with van der Waals surface area (Å²) in [5, 5.41) is 3.91. The van der Waals surface area contributed by atoms with Crippen LogP contribution < -0.4 is 5.32 Å². The van der Waals surface area contributed by atoms with Crippen molar-refractivity contribution in [2.24, 2.45) is 23.2 Å². The van der Waals surface area contributed by atoms with Crippen molar-refractivity contribution in [1.29, 1.82) is 0 Å². The molecule has 118 valence electrons. The third-order valence-corrected chi connectivity index (χ3v) is 6.02. The van der Waals surface area contributed by atoms with Crippen molar-refractivity contribution in [2.45, 2.75) is 91.5 Å². The molecule has 20 heavy (non-hydrogen) atoms. The van der Waals surface area contributed by atoms with Gasteiger partial charge in [-0.3, -0.25) is 0 Å². The van der Waals surface area contributed by atoms with Gasteiger partial charge in [-0.1, -0.05) is 40.5 Å².